The van der Waals surface area contributed by atoms with Crippen molar-refractivity contribution in [1.29, 1.82) is 0 Å². The van der Waals surface area contributed by atoms with Crippen LogP contribution >= 0.6 is 11.3 Å². The van der Waals surface area contributed by atoms with Crippen LogP contribution in [0.4, 0.5) is 0 Å². The van der Waals surface area contributed by atoms with Gasteiger partial charge < -0.3 is 20.0 Å². The number of para-hydroxylation sites is 1. The fraction of sp³-hybridized carbons (Fsp3) is 0.192. The predicted octanol–water partition coefficient (Wildman–Crippen LogP) is 2.68. The SMILES string of the molecule is CC(O)c1ncn2c1CNCC2c1nc(C2=C(c3c[nH]c4sccc34)C(=O)NC2=O)c2ccccc2n1. The summed E-state index contributed by atoms with van der Waals surface area (Å²) < 4.78 is 1.97. The number of rotatable bonds is 4. The van der Waals surface area contributed by atoms with E-state index >= 15 is 0 Å². The highest BCUT2D eigenvalue weighted by Gasteiger charge is 2.36. The number of aliphatic hydroxyl groups excluding tert-OH is 1. The second-order valence-electron chi connectivity index (χ2n) is 9.15. The topological polar surface area (TPSA) is 138 Å². The molecule has 7 rings (SSSR count). The number of H-pyrrole nitrogens is 1. The molecule has 2 atom stereocenters. The van der Waals surface area contributed by atoms with Crippen molar-refractivity contribution in [2.75, 3.05) is 6.54 Å². The number of aromatic amines is 1. The number of carbonyl (C=O) groups excluding carboxylic acids is 2. The Morgan fingerprint density at radius 1 is 1.11 bits per heavy atom. The van der Waals surface area contributed by atoms with Gasteiger partial charge in [0.2, 0.25) is 0 Å². The molecule has 4 N–H and O–H groups in total. The molecule has 1 aromatic carbocycles. The van der Waals surface area contributed by atoms with Gasteiger partial charge in [0, 0.05) is 35.6 Å². The predicted molar refractivity (Wildman–Crippen MR) is 138 cm³/mol. The van der Waals surface area contributed by atoms with E-state index in [-0.39, 0.29) is 11.6 Å². The number of hydrogen-bond donors (Lipinski definition) is 4. The van der Waals surface area contributed by atoms with E-state index in [4.69, 9.17) is 9.97 Å². The molecule has 2 amide bonds. The van der Waals surface area contributed by atoms with Gasteiger partial charge in [0.25, 0.3) is 11.8 Å². The van der Waals surface area contributed by atoms with E-state index < -0.39 is 17.9 Å². The van der Waals surface area contributed by atoms with E-state index in [0.717, 1.165) is 15.9 Å². The molecule has 6 heterocycles. The van der Waals surface area contributed by atoms with E-state index in [1.54, 1.807) is 19.4 Å². The van der Waals surface area contributed by atoms with Gasteiger partial charge in [0.1, 0.15) is 10.9 Å². The number of nitrogens with zero attached hydrogens (tertiary/aromatic N) is 4. The number of thiophene rings is 1. The van der Waals surface area contributed by atoms with Crippen molar-refractivity contribution in [3.05, 3.63) is 76.7 Å². The summed E-state index contributed by atoms with van der Waals surface area (Å²) in [6.07, 6.45) is 2.76. The van der Waals surface area contributed by atoms with Crippen LogP contribution in [-0.2, 0) is 16.1 Å². The molecule has 0 saturated carbocycles. The van der Waals surface area contributed by atoms with Crippen molar-refractivity contribution in [3.63, 3.8) is 0 Å². The fourth-order valence-electron chi connectivity index (χ4n) is 5.27. The van der Waals surface area contributed by atoms with Crippen molar-refractivity contribution < 1.29 is 14.7 Å². The smallest absolute Gasteiger partial charge is 0.261 e. The van der Waals surface area contributed by atoms with Crippen molar-refractivity contribution in [3.8, 4) is 0 Å². The van der Waals surface area contributed by atoms with E-state index in [0.29, 0.717) is 52.3 Å². The van der Waals surface area contributed by atoms with Gasteiger partial charge in [0.15, 0.2) is 5.82 Å². The molecule has 2 aliphatic heterocycles. The lowest BCUT2D eigenvalue weighted by atomic mass is 9.97. The Hall–Kier alpha value is -4.19. The number of fused-ring (bicyclic) bond motifs is 3. The third kappa shape index (κ3) is 3.28. The molecule has 184 valence electrons. The largest absolute Gasteiger partial charge is 0.387 e. The summed E-state index contributed by atoms with van der Waals surface area (Å²) in [6.45, 7) is 2.80. The Morgan fingerprint density at radius 2 is 1.95 bits per heavy atom. The van der Waals surface area contributed by atoms with Crippen molar-refractivity contribution >= 4 is 55.4 Å². The molecule has 0 fully saturated rings. The lowest BCUT2D eigenvalue weighted by Crippen LogP contribution is -2.35. The minimum absolute atomic E-state index is 0.233. The Balaban J connectivity index is 1.48. The number of benzene rings is 1. The van der Waals surface area contributed by atoms with Crippen LogP contribution < -0.4 is 10.6 Å². The van der Waals surface area contributed by atoms with Crippen LogP contribution in [0.3, 0.4) is 0 Å². The van der Waals surface area contributed by atoms with Gasteiger partial charge in [-0.05, 0) is 24.4 Å². The van der Waals surface area contributed by atoms with Gasteiger partial charge in [-0.15, -0.1) is 11.3 Å². The van der Waals surface area contributed by atoms with E-state index in [1.807, 2.05) is 40.3 Å². The maximum atomic E-state index is 13.3. The summed E-state index contributed by atoms with van der Waals surface area (Å²) >= 11 is 1.53. The minimum atomic E-state index is -0.707. The first kappa shape index (κ1) is 22.0. The molecule has 11 heteroatoms. The van der Waals surface area contributed by atoms with Crippen LogP contribution in [0.1, 0.15) is 47.5 Å². The van der Waals surface area contributed by atoms with Gasteiger partial charge in [0.05, 0.1) is 46.2 Å². The molecule has 10 nitrogen and oxygen atoms in total. The molecule has 0 radical (unpaired) electrons. The number of amides is 2. The summed E-state index contributed by atoms with van der Waals surface area (Å²) in [5, 5.41) is 19.5. The van der Waals surface area contributed by atoms with E-state index in [9.17, 15) is 14.7 Å². The van der Waals surface area contributed by atoms with Gasteiger partial charge in [-0.1, -0.05) is 18.2 Å². The van der Waals surface area contributed by atoms with Crippen LogP contribution in [0.25, 0.3) is 32.3 Å². The fourth-order valence-corrected chi connectivity index (χ4v) is 6.04. The quantitative estimate of drug-likeness (QED) is 0.272. The number of hydrogen-bond acceptors (Lipinski definition) is 8. The average molecular weight is 512 g/mol. The lowest BCUT2D eigenvalue weighted by Gasteiger charge is -2.26. The summed E-state index contributed by atoms with van der Waals surface area (Å²) in [7, 11) is 0. The van der Waals surface area contributed by atoms with Gasteiger partial charge in [-0.25, -0.2) is 15.0 Å². The number of nitrogens with one attached hydrogen (secondary N) is 3. The highest BCUT2D eigenvalue weighted by molar-refractivity contribution is 7.16. The van der Waals surface area contributed by atoms with Crippen molar-refractivity contribution in [1.82, 2.24) is 35.1 Å². The monoisotopic (exact) mass is 511 g/mol. The Bertz CT molecular complexity index is 1780. The zero-order valence-electron chi connectivity index (χ0n) is 19.6. The first-order chi connectivity index (χ1) is 18.0. The highest BCUT2D eigenvalue weighted by Crippen LogP contribution is 2.38. The van der Waals surface area contributed by atoms with Crippen LogP contribution in [0.15, 0.2) is 48.2 Å². The summed E-state index contributed by atoms with van der Waals surface area (Å²) in [6, 6.07) is 9.10. The third-order valence-corrected chi connectivity index (χ3v) is 7.79. The van der Waals surface area contributed by atoms with E-state index in [1.165, 1.54) is 11.3 Å². The Kier molecular flexibility index (Phi) is 4.86. The van der Waals surface area contributed by atoms with Crippen molar-refractivity contribution in [2.45, 2.75) is 25.6 Å². The normalized spacial score (nSPS) is 18.6. The maximum absolute atomic E-state index is 13.3. The molecule has 0 saturated heterocycles. The van der Waals surface area contributed by atoms with Crippen LogP contribution in [0, 0.1) is 0 Å². The molecule has 0 spiro atoms. The van der Waals surface area contributed by atoms with Gasteiger partial charge in [-0.2, -0.15) is 0 Å². The molecule has 37 heavy (non-hydrogen) atoms. The lowest BCUT2D eigenvalue weighted by molar-refractivity contribution is -0.122. The number of carbonyl (C=O) groups is 2. The second kappa shape index (κ2) is 8.17. The summed E-state index contributed by atoms with van der Waals surface area (Å²) in [4.78, 5) is 44.7. The standard InChI is InChI=1S/C26H21N7O3S/c1-12(34)21-17-9-27-10-18(33(17)11-29-21)23-30-16-5-3-2-4-14(16)22(31-23)20-19(24(35)32-25(20)36)15-8-28-26-13(15)6-7-37-26/h2-8,11-12,18,27-28,34H,9-10H2,1H3,(H,32,35,36). The molecule has 4 aromatic heterocycles. The number of imide groups is 1. The first-order valence-corrected chi connectivity index (χ1v) is 12.8. The molecule has 5 aromatic rings. The molecular weight excluding hydrogens is 490 g/mol. The molecule has 2 aliphatic rings. The third-order valence-electron chi connectivity index (χ3n) is 6.95. The molecule has 2 unspecified atom stereocenters. The highest BCUT2D eigenvalue weighted by atomic mass is 32.1. The second-order valence-corrected chi connectivity index (χ2v) is 10.1. The molecular formula is C26H21N7O3S. The van der Waals surface area contributed by atoms with Gasteiger partial charge in [-0.3, -0.25) is 14.9 Å². The van der Waals surface area contributed by atoms with Crippen LogP contribution in [-0.4, -0.2) is 48.0 Å². The zero-order valence-corrected chi connectivity index (χ0v) is 20.5. The van der Waals surface area contributed by atoms with Gasteiger partial charge >= 0.3 is 0 Å². The Labute approximate surface area is 214 Å². The number of imidazole rings is 1. The summed E-state index contributed by atoms with van der Waals surface area (Å²) in [5.74, 6) is -0.444. The van der Waals surface area contributed by atoms with E-state index in [2.05, 4.69) is 20.6 Å². The summed E-state index contributed by atoms with van der Waals surface area (Å²) in [5.41, 5.74) is 3.74. The zero-order chi connectivity index (χ0) is 25.3. The first-order valence-electron chi connectivity index (χ1n) is 11.9. The Morgan fingerprint density at radius 3 is 2.81 bits per heavy atom. The maximum Gasteiger partial charge on any atom is 0.261 e. The minimum Gasteiger partial charge on any atom is -0.387 e. The van der Waals surface area contributed by atoms with Crippen LogP contribution in [0.2, 0.25) is 0 Å². The van der Waals surface area contributed by atoms with Crippen molar-refractivity contribution in [2.24, 2.45) is 0 Å². The molecule has 0 aliphatic carbocycles. The van der Waals surface area contributed by atoms with Crippen LogP contribution in [0.5, 0.6) is 0 Å². The molecule has 0 bridgehead atoms. The number of aromatic nitrogens is 5. The average Bonchev–Trinajstić information content (AvgIpc) is 3.66. The number of aliphatic hydroxyl groups is 1.